The van der Waals surface area contributed by atoms with Gasteiger partial charge in [-0.15, -0.1) is 0 Å². The summed E-state index contributed by atoms with van der Waals surface area (Å²) in [7, 11) is 0. The zero-order valence-electron chi connectivity index (χ0n) is 10.3. The second-order valence-corrected chi connectivity index (χ2v) is 4.40. The highest BCUT2D eigenvalue weighted by Gasteiger charge is 2.26. The van der Waals surface area contributed by atoms with Crippen LogP contribution in [0.4, 0.5) is 0 Å². The Kier molecular flexibility index (Phi) is 3.99. The molecule has 4 heteroatoms. The van der Waals surface area contributed by atoms with Crippen LogP contribution in [0.1, 0.15) is 25.7 Å². The minimum absolute atomic E-state index is 0.00493. The average Bonchev–Trinajstić information content (AvgIpc) is 2.77. The summed E-state index contributed by atoms with van der Waals surface area (Å²) in [4.78, 5) is 0. The molecule has 4 nitrogen and oxygen atoms in total. The Bertz CT molecular complexity index is 367. The van der Waals surface area contributed by atoms with Gasteiger partial charge >= 0.3 is 0 Å². The molecule has 2 atom stereocenters. The van der Waals surface area contributed by atoms with Crippen molar-refractivity contribution < 1.29 is 14.2 Å². The van der Waals surface area contributed by atoms with Crippen LogP contribution in [0.5, 0.6) is 5.75 Å². The molecule has 2 unspecified atom stereocenters. The normalized spacial score (nSPS) is 24.2. The molecule has 2 rings (SSSR count). The van der Waals surface area contributed by atoms with E-state index in [-0.39, 0.29) is 18.5 Å². The van der Waals surface area contributed by atoms with E-state index in [1.807, 2.05) is 38.1 Å². The van der Waals surface area contributed by atoms with Gasteiger partial charge in [0.15, 0.2) is 6.29 Å². The van der Waals surface area contributed by atoms with Gasteiger partial charge in [-0.1, -0.05) is 12.1 Å². The van der Waals surface area contributed by atoms with Crippen LogP contribution in [0.2, 0.25) is 0 Å². The van der Waals surface area contributed by atoms with E-state index in [9.17, 15) is 0 Å². The average molecular weight is 237 g/mol. The summed E-state index contributed by atoms with van der Waals surface area (Å²) >= 11 is 0. The van der Waals surface area contributed by atoms with Crippen molar-refractivity contribution >= 4 is 0 Å². The van der Waals surface area contributed by atoms with Gasteiger partial charge in [0.2, 0.25) is 0 Å². The number of ether oxygens (including phenoxy) is 3. The third-order valence-electron chi connectivity index (χ3n) is 2.51. The van der Waals surface area contributed by atoms with Crippen LogP contribution >= 0.6 is 0 Å². The fourth-order valence-electron chi connectivity index (χ4n) is 1.75. The van der Waals surface area contributed by atoms with Crippen molar-refractivity contribution in [2.24, 2.45) is 5.73 Å². The summed E-state index contributed by atoms with van der Waals surface area (Å²) in [5, 5.41) is 0. The van der Waals surface area contributed by atoms with Crippen molar-refractivity contribution in [3.8, 4) is 5.75 Å². The van der Waals surface area contributed by atoms with Crippen molar-refractivity contribution in [1.82, 2.24) is 0 Å². The molecule has 2 N–H and O–H groups in total. The van der Waals surface area contributed by atoms with Crippen LogP contribution in [-0.4, -0.2) is 25.4 Å². The largest absolute Gasteiger partial charge is 0.491 e. The van der Waals surface area contributed by atoms with Crippen LogP contribution in [-0.2, 0) is 9.47 Å². The Morgan fingerprint density at radius 3 is 2.94 bits per heavy atom. The van der Waals surface area contributed by atoms with Gasteiger partial charge in [0.05, 0.1) is 18.8 Å². The summed E-state index contributed by atoms with van der Waals surface area (Å²) in [5.41, 5.74) is 6.51. The smallest absolute Gasteiger partial charge is 0.184 e. The van der Waals surface area contributed by atoms with Gasteiger partial charge in [-0.05, 0) is 26.0 Å². The minimum Gasteiger partial charge on any atom is -0.491 e. The Labute approximate surface area is 102 Å². The van der Waals surface area contributed by atoms with Crippen molar-refractivity contribution in [3.63, 3.8) is 0 Å². The van der Waals surface area contributed by atoms with Crippen LogP contribution < -0.4 is 10.5 Å². The van der Waals surface area contributed by atoms with E-state index in [0.717, 1.165) is 11.3 Å². The lowest BCUT2D eigenvalue weighted by molar-refractivity contribution is -0.0586. The first-order chi connectivity index (χ1) is 8.19. The maximum atomic E-state index is 5.65. The molecule has 0 aliphatic carbocycles. The van der Waals surface area contributed by atoms with E-state index in [1.165, 1.54) is 0 Å². The standard InChI is InChI=1S/C13H19NO3/c1-9(2)16-11-5-3-4-10(6-11)13-15-8-12(7-14)17-13/h3-6,9,12-13H,7-8,14H2,1-2H3. The lowest BCUT2D eigenvalue weighted by atomic mass is 10.2. The van der Waals surface area contributed by atoms with E-state index in [0.29, 0.717) is 13.2 Å². The fraction of sp³-hybridized carbons (Fsp3) is 0.538. The first kappa shape index (κ1) is 12.4. The van der Waals surface area contributed by atoms with Gasteiger partial charge in [0, 0.05) is 12.1 Å². The van der Waals surface area contributed by atoms with Crippen molar-refractivity contribution in [1.29, 1.82) is 0 Å². The van der Waals surface area contributed by atoms with Crippen LogP contribution in [0.3, 0.4) is 0 Å². The predicted molar refractivity (Wildman–Crippen MR) is 64.8 cm³/mol. The highest BCUT2D eigenvalue weighted by molar-refractivity contribution is 5.29. The molecule has 1 aliphatic rings. The number of rotatable bonds is 4. The second kappa shape index (κ2) is 5.49. The van der Waals surface area contributed by atoms with Gasteiger partial charge in [-0.2, -0.15) is 0 Å². The summed E-state index contributed by atoms with van der Waals surface area (Å²) in [6, 6.07) is 7.79. The molecule has 1 fully saturated rings. The number of hydrogen-bond donors (Lipinski definition) is 1. The monoisotopic (exact) mass is 237 g/mol. The minimum atomic E-state index is -0.320. The molecule has 0 radical (unpaired) electrons. The van der Waals surface area contributed by atoms with Gasteiger partial charge in [0.25, 0.3) is 0 Å². The first-order valence-corrected chi connectivity index (χ1v) is 5.93. The molecular formula is C13H19NO3. The predicted octanol–water partition coefficient (Wildman–Crippen LogP) is 1.85. The fourth-order valence-corrected chi connectivity index (χ4v) is 1.75. The van der Waals surface area contributed by atoms with Crippen molar-refractivity contribution in [2.75, 3.05) is 13.2 Å². The Morgan fingerprint density at radius 1 is 1.47 bits per heavy atom. The van der Waals surface area contributed by atoms with E-state index in [2.05, 4.69) is 0 Å². The maximum Gasteiger partial charge on any atom is 0.184 e. The molecule has 94 valence electrons. The Balaban J connectivity index is 2.06. The molecule has 1 aromatic carbocycles. The molecule has 0 amide bonds. The molecular weight excluding hydrogens is 218 g/mol. The summed E-state index contributed by atoms with van der Waals surface area (Å²) in [6.45, 7) is 5.04. The number of benzene rings is 1. The lowest BCUT2D eigenvalue weighted by Crippen LogP contribution is -2.21. The van der Waals surface area contributed by atoms with E-state index < -0.39 is 0 Å². The van der Waals surface area contributed by atoms with Gasteiger partial charge in [-0.3, -0.25) is 0 Å². The number of nitrogens with two attached hydrogens (primary N) is 1. The summed E-state index contributed by atoms with van der Waals surface area (Å²) in [5.74, 6) is 0.834. The zero-order chi connectivity index (χ0) is 12.3. The van der Waals surface area contributed by atoms with Crippen LogP contribution in [0, 0.1) is 0 Å². The van der Waals surface area contributed by atoms with Gasteiger partial charge in [0.1, 0.15) is 5.75 Å². The highest BCUT2D eigenvalue weighted by Crippen LogP contribution is 2.28. The summed E-state index contributed by atoms with van der Waals surface area (Å²) in [6.07, 6.45) is -0.165. The number of hydrogen-bond acceptors (Lipinski definition) is 4. The van der Waals surface area contributed by atoms with Crippen LogP contribution in [0.15, 0.2) is 24.3 Å². The van der Waals surface area contributed by atoms with E-state index in [4.69, 9.17) is 19.9 Å². The SMILES string of the molecule is CC(C)Oc1cccc(C2OCC(CN)O2)c1. The quantitative estimate of drug-likeness (QED) is 0.868. The molecule has 0 bridgehead atoms. The first-order valence-electron chi connectivity index (χ1n) is 5.93. The molecule has 0 aromatic heterocycles. The molecule has 1 aromatic rings. The highest BCUT2D eigenvalue weighted by atomic mass is 16.7. The molecule has 0 saturated carbocycles. The van der Waals surface area contributed by atoms with Gasteiger partial charge in [-0.25, -0.2) is 0 Å². The van der Waals surface area contributed by atoms with Crippen LogP contribution in [0.25, 0.3) is 0 Å². The lowest BCUT2D eigenvalue weighted by Gasteiger charge is -2.14. The van der Waals surface area contributed by atoms with E-state index >= 15 is 0 Å². The maximum absolute atomic E-state index is 5.65. The molecule has 17 heavy (non-hydrogen) atoms. The molecule has 1 aliphatic heterocycles. The van der Waals surface area contributed by atoms with Crippen molar-refractivity contribution in [2.45, 2.75) is 32.3 Å². The zero-order valence-corrected chi connectivity index (χ0v) is 10.3. The third-order valence-corrected chi connectivity index (χ3v) is 2.51. The topological polar surface area (TPSA) is 53.7 Å². The Morgan fingerprint density at radius 2 is 2.29 bits per heavy atom. The second-order valence-electron chi connectivity index (χ2n) is 4.40. The molecule has 1 saturated heterocycles. The van der Waals surface area contributed by atoms with E-state index in [1.54, 1.807) is 0 Å². The van der Waals surface area contributed by atoms with Gasteiger partial charge < -0.3 is 19.9 Å². The Hall–Kier alpha value is -1.10. The third kappa shape index (κ3) is 3.19. The van der Waals surface area contributed by atoms with Crippen molar-refractivity contribution in [3.05, 3.63) is 29.8 Å². The molecule has 1 heterocycles. The molecule has 0 spiro atoms. The summed E-state index contributed by atoms with van der Waals surface area (Å²) < 4.78 is 16.8.